The highest BCUT2D eigenvalue weighted by Gasteiger charge is 2.33. The Hall–Kier alpha value is -0.610. The average molecular weight is 170 g/mol. The Labute approximate surface area is 71.7 Å². The molecule has 2 aliphatic heterocycles. The zero-order valence-electron chi connectivity index (χ0n) is 7.03. The Morgan fingerprint density at radius 1 is 1.50 bits per heavy atom. The lowest BCUT2D eigenvalue weighted by molar-refractivity contribution is -0.148. The Bertz CT molecular complexity index is 191. The smallest absolute Gasteiger partial charge is 0.230 e. The third-order valence-corrected chi connectivity index (χ3v) is 2.52. The second kappa shape index (κ2) is 3.03. The number of likely N-dealkylation sites (tertiary alicyclic amines) is 1. The maximum Gasteiger partial charge on any atom is 0.230 e. The first-order chi connectivity index (χ1) is 5.77. The molecule has 4 heteroatoms. The van der Waals surface area contributed by atoms with Crippen molar-refractivity contribution in [3.8, 4) is 0 Å². The van der Waals surface area contributed by atoms with Crippen LogP contribution in [0.1, 0.15) is 6.42 Å². The molecule has 12 heavy (non-hydrogen) atoms. The highest BCUT2D eigenvalue weighted by atomic mass is 16.5. The van der Waals surface area contributed by atoms with Crippen LogP contribution < -0.4 is 5.73 Å². The van der Waals surface area contributed by atoms with Crippen LogP contribution in [0.5, 0.6) is 0 Å². The second-order valence-corrected chi connectivity index (χ2v) is 3.57. The molecule has 68 valence electrons. The van der Waals surface area contributed by atoms with Crippen molar-refractivity contribution in [1.29, 1.82) is 0 Å². The van der Waals surface area contributed by atoms with Crippen LogP contribution in [0.3, 0.4) is 0 Å². The molecule has 1 unspecified atom stereocenters. The third-order valence-electron chi connectivity index (χ3n) is 2.52. The Kier molecular flexibility index (Phi) is 2.02. The van der Waals surface area contributed by atoms with Crippen LogP contribution in [0, 0.1) is 5.92 Å². The van der Waals surface area contributed by atoms with Gasteiger partial charge in [-0.25, -0.2) is 0 Å². The number of ether oxygens (including phenoxy) is 1. The van der Waals surface area contributed by atoms with E-state index in [0.29, 0.717) is 13.2 Å². The summed E-state index contributed by atoms with van der Waals surface area (Å²) < 4.78 is 4.96. The summed E-state index contributed by atoms with van der Waals surface area (Å²) in [7, 11) is 0. The molecule has 0 spiro atoms. The molecule has 1 atom stereocenters. The van der Waals surface area contributed by atoms with Gasteiger partial charge in [-0.15, -0.1) is 0 Å². The molecule has 1 amide bonds. The normalized spacial score (nSPS) is 30.4. The monoisotopic (exact) mass is 170 g/mol. The third kappa shape index (κ3) is 1.32. The van der Waals surface area contributed by atoms with E-state index in [4.69, 9.17) is 10.5 Å². The summed E-state index contributed by atoms with van der Waals surface area (Å²) in [6.45, 7) is 2.76. The molecule has 0 aromatic heterocycles. The molecule has 2 heterocycles. The molecule has 0 saturated carbocycles. The number of nitrogens with zero attached hydrogens (tertiary/aromatic N) is 1. The zero-order chi connectivity index (χ0) is 8.55. The van der Waals surface area contributed by atoms with E-state index in [1.807, 2.05) is 4.90 Å². The first-order valence-corrected chi connectivity index (χ1v) is 4.39. The van der Waals surface area contributed by atoms with Gasteiger partial charge in [-0.1, -0.05) is 0 Å². The van der Waals surface area contributed by atoms with Crippen molar-refractivity contribution in [3.05, 3.63) is 0 Å². The minimum Gasteiger partial charge on any atom is -0.380 e. The molecule has 4 nitrogen and oxygen atoms in total. The van der Waals surface area contributed by atoms with Crippen molar-refractivity contribution < 1.29 is 9.53 Å². The number of hydrogen-bond donors (Lipinski definition) is 1. The van der Waals surface area contributed by atoms with Crippen LogP contribution in [0.15, 0.2) is 0 Å². The first-order valence-electron chi connectivity index (χ1n) is 4.39. The number of carbonyl (C=O) groups excluding carboxylic acids is 1. The van der Waals surface area contributed by atoms with Crippen molar-refractivity contribution in [2.45, 2.75) is 12.5 Å². The van der Waals surface area contributed by atoms with E-state index in [1.54, 1.807) is 0 Å². The fourth-order valence-corrected chi connectivity index (χ4v) is 1.62. The summed E-state index contributed by atoms with van der Waals surface area (Å²) in [5.41, 5.74) is 5.70. The first kappa shape index (κ1) is 8.01. The maximum atomic E-state index is 11.6. The van der Waals surface area contributed by atoms with Crippen LogP contribution in [0.2, 0.25) is 0 Å². The van der Waals surface area contributed by atoms with E-state index in [1.165, 1.54) is 0 Å². The number of carbonyl (C=O) groups is 1. The van der Waals surface area contributed by atoms with Gasteiger partial charge in [0.2, 0.25) is 5.91 Å². The van der Waals surface area contributed by atoms with Gasteiger partial charge in [-0.2, -0.15) is 0 Å². The van der Waals surface area contributed by atoms with E-state index in [-0.39, 0.29) is 17.9 Å². The largest absolute Gasteiger partial charge is 0.380 e. The minimum absolute atomic E-state index is 0.121. The number of hydrogen-bond acceptors (Lipinski definition) is 3. The minimum atomic E-state index is 0.121. The van der Waals surface area contributed by atoms with E-state index in [2.05, 4.69) is 0 Å². The van der Waals surface area contributed by atoms with Crippen molar-refractivity contribution >= 4 is 5.91 Å². The van der Waals surface area contributed by atoms with E-state index < -0.39 is 0 Å². The SMILES string of the molecule is NC1CCN(C(=O)C2COC2)C1. The molecule has 0 aromatic rings. The standard InChI is InChI=1S/C8H14N2O2/c9-7-1-2-10(3-7)8(11)6-4-12-5-6/h6-7H,1-5,9H2. The fourth-order valence-electron chi connectivity index (χ4n) is 1.62. The van der Waals surface area contributed by atoms with Gasteiger partial charge >= 0.3 is 0 Å². The zero-order valence-corrected chi connectivity index (χ0v) is 7.03. The van der Waals surface area contributed by atoms with Gasteiger partial charge in [-0.3, -0.25) is 4.79 Å². The van der Waals surface area contributed by atoms with Crippen molar-refractivity contribution in [1.82, 2.24) is 4.90 Å². The predicted octanol–water partition coefficient (Wildman–Crippen LogP) is -0.808. The van der Waals surface area contributed by atoms with Gasteiger partial charge < -0.3 is 15.4 Å². The summed E-state index contributed by atoms with van der Waals surface area (Å²) in [6.07, 6.45) is 0.944. The second-order valence-electron chi connectivity index (χ2n) is 3.57. The molecule has 2 N–H and O–H groups in total. The summed E-state index contributed by atoms with van der Waals surface area (Å²) in [5.74, 6) is 0.351. The lowest BCUT2D eigenvalue weighted by atomic mass is 10.1. The summed E-state index contributed by atoms with van der Waals surface area (Å²) in [6, 6.07) is 0.190. The van der Waals surface area contributed by atoms with E-state index in [0.717, 1.165) is 19.5 Å². The lowest BCUT2D eigenvalue weighted by Crippen LogP contribution is -2.44. The molecule has 0 radical (unpaired) electrons. The molecule has 0 aliphatic carbocycles. The van der Waals surface area contributed by atoms with Crippen LogP contribution >= 0.6 is 0 Å². The topological polar surface area (TPSA) is 55.6 Å². The lowest BCUT2D eigenvalue weighted by Gasteiger charge is -2.29. The van der Waals surface area contributed by atoms with Gasteiger partial charge in [0.05, 0.1) is 19.1 Å². The van der Waals surface area contributed by atoms with Crippen LogP contribution in [-0.4, -0.2) is 43.2 Å². The summed E-state index contributed by atoms with van der Waals surface area (Å²) in [4.78, 5) is 13.4. The van der Waals surface area contributed by atoms with Gasteiger partial charge in [0.15, 0.2) is 0 Å². The van der Waals surface area contributed by atoms with Crippen molar-refractivity contribution in [2.24, 2.45) is 11.7 Å². The highest BCUT2D eigenvalue weighted by molar-refractivity contribution is 5.80. The van der Waals surface area contributed by atoms with Gasteiger partial charge in [0.1, 0.15) is 0 Å². The van der Waals surface area contributed by atoms with Crippen molar-refractivity contribution in [3.63, 3.8) is 0 Å². The molecular formula is C8H14N2O2. The van der Waals surface area contributed by atoms with Crippen molar-refractivity contribution in [2.75, 3.05) is 26.3 Å². The maximum absolute atomic E-state index is 11.6. The van der Waals surface area contributed by atoms with E-state index >= 15 is 0 Å². The Balaban J connectivity index is 1.87. The number of rotatable bonds is 1. The Morgan fingerprint density at radius 3 is 2.67 bits per heavy atom. The molecule has 0 aromatic carbocycles. The quantitative estimate of drug-likeness (QED) is 0.560. The van der Waals surface area contributed by atoms with Gasteiger partial charge in [-0.05, 0) is 6.42 Å². The average Bonchev–Trinajstić information content (AvgIpc) is 2.31. The number of nitrogens with two attached hydrogens (primary N) is 1. The number of amides is 1. The molecule has 2 aliphatic rings. The summed E-state index contributed by atoms with van der Waals surface area (Å²) >= 11 is 0. The highest BCUT2D eigenvalue weighted by Crippen LogP contribution is 2.17. The molecular weight excluding hydrogens is 156 g/mol. The van der Waals surface area contributed by atoms with Gasteiger partial charge in [0.25, 0.3) is 0 Å². The van der Waals surface area contributed by atoms with Crippen LogP contribution in [0.25, 0.3) is 0 Å². The van der Waals surface area contributed by atoms with Gasteiger partial charge in [0, 0.05) is 19.1 Å². The molecule has 2 saturated heterocycles. The molecule has 0 bridgehead atoms. The Morgan fingerprint density at radius 2 is 2.25 bits per heavy atom. The molecule has 2 rings (SSSR count). The molecule has 2 fully saturated rings. The predicted molar refractivity (Wildman–Crippen MR) is 43.5 cm³/mol. The van der Waals surface area contributed by atoms with Crippen LogP contribution in [-0.2, 0) is 9.53 Å². The van der Waals surface area contributed by atoms with E-state index in [9.17, 15) is 4.79 Å². The fraction of sp³-hybridized carbons (Fsp3) is 0.875. The van der Waals surface area contributed by atoms with Crippen LogP contribution in [0.4, 0.5) is 0 Å². The summed E-state index contributed by atoms with van der Waals surface area (Å²) in [5, 5.41) is 0.